The Morgan fingerprint density at radius 1 is 1.55 bits per heavy atom. The Morgan fingerprint density at radius 3 is 2.85 bits per heavy atom. The first-order valence-corrected chi connectivity index (χ1v) is 7.39. The maximum Gasteiger partial charge on any atom is 0.254 e. The third kappa shape index (κ3) is 3.93. The largest absolute Gasteiger partial charge is 0.334 e. The molecule has 20 heavy (non-hydrogen) atoms. The molecule has 1 heterocycles. The summed E-state index contributed by atoms with van der Waals surface area (Å²) in [6.07, 6.45) is 1.90. The Morgan fingerprint density at radius 2 is 2.30 bits per heavy atom. The minimum absolute atomic E-state index is 0. The van der Waals surface area contributed by atoms with Crippen LogP contribution in [0.25, 0.3) is 0 Å². The van der Waals surface area contributed by atoms with Crippen LogP contribution in [0.15, 0.2) is 22.7 Å². The highest BCUT2D eigenvalue weighted by Crippen LogP contribution is 2.20. The van der Waals surface area contributed by atoms with Gasteiger partial charge in [-0.25, -0.2) is 4.39 Å². The zero-order chi connectivity index (χ0) is 13.8. The van der Waals surface area contributed by atoms with E-state index in [1.807, 2.05) is 4.90 Å². The molecule has 3 nitrogen and oxygen atoms in total. The summed E-state index contributed by atoms with van der Waals surface area (Å²) in [7, 11) is 0. The van der Waals surface area contributed by atoms with E-state index in [4.69, 9.17) is 0 Å². The summed E-state index contributed by atoms with van der Waals surface area (Å²) >= 11 is 3.13. The van der Waals surface area contributed by atoms with Crippen LogP contribution in [-0.4, -0.2) is 36.5 Å². The van der Waals surface area contributed by atoms with Gasteiger partial charge >= 0.3 is 0 Å². The first kappa shape index (κ1) is 17.4. The standard InChI is InChI=1S/C14H18BrFN2O.ClH/c1-2-7-18(11-5-6-17-9-11)14(19)10-3-4-13(16)12(15)8-10;/h3-4,8,11,17H,2,5-7,9H2,1H3;1H. The maximum absolute atomic E-state index is 13.2. The average Bonchev–Trinajstić information content (AvgIpc) is 2.92. The summed E-state index contributed by atoms with van der Waals surface area (Å²) in [5, 5.41) is 3.27. The van der Waals surface area contributed by atoms with Crippen LogP contribution in [0.2, 0.25) is 0 Å². The Balaban J connectivity index is 0.00000200. The van der Waals surface area contributed by atoms with E-state index in [-0.39, 0.29) is 30.2 Å². The van der Waals surface area contributed by atoms with Crippen molar-refractivity contribution in [3.63, 3.8) is 0 Å². The van der Waals surface area contributed by atoms with Crippen molar-refractivity contribution in [3.8, 4) is 0 Å². The predicted octanol–water partition coefficient (Wildman–Crippen LogP) is 3.22. The zero-order valence-corrected chi connectivity index (χ0v) is 13.8. The summed E-state index contributed by atoms with van der Waals surface area (Å²) in [5.74, 6) is -0.364. The molecule has 6 heteroatoms. The van der Waals surface area contributed by atoms with Gasteiger partial charge in [0.25, 0.3) is 5.91 Å². The minimum atomic E-state index is -0.346. The zero-order valence-electron chi connectivity index (χ0n) is 11.4. The fourth-order valence-corrected chi connectivity index (χ4v) is 2.77. The molecule has 0 saturated carbocycles. The second kappa shape index (κ2) is 7.96. The first-order valence-electron chi connectivity index (χ1n) is 6.60. The third-order valence-corrected chi connectivity index (χ3v) is 3.97. The van der Waals surface area contributed by atoms with E-state index in [0.717, 1.165) is 32.5 Å². The van der Waals surface area contributed by atoms with Crippen molar-refractivity contribution in [1.82, 2.24) is 10.2 Å². The number of carbonyl (C=O) groups excluding carboxylic acids is 1. The summed E-state index contributed by atoms with van der Waals surface area (Å²) in [6, 6.07) is 4.68. The highest BCUT2D eigenvalue weighted by molar-refractivity contribution is 9.10. The van der Waals surface area contributed by atoms with Crippen LogP contribution in [0.1, 0.15) is 30.1 Å². The van der Waals surface area contributed by atoms with Crippen molar-refractivity contribution in [2.24, 2.45) is 0 Å². The number of benzene rings is 1. The molecule has 0 aliphatic carbocycles. The van der Waals surface area contributed by atoms with Gasteiger partial charge < -0.3 is 10.2 Å². The maximum atomic E-state index is 13.2. The molecular formula is C14H19BrClFN2O. The minimum Gasteiger partial charge on any atom is -0.334 e. The monoisotopic (exact) mass is 364 g/mol. The number of hydrogen-bond donors (Lipinski definition) is 1. The van der Waals surface area contributed by atoms with E-state index < -0.39 is 0 Å². The van der Waals surface area contributed by atoms with E-state index in [2.05, 4.69) is 28.2 Å². The fraction of sp³-hybridized carbons (Fsp3) is 0.500. The molecule has 112 valence electrons. The number of amides is 1. The number of rotatable bonds is 4. The molecule has 0 spiro atoms. The van der Waals surface area contributed by atoms with Crippen molar-refractivity contribution >= 4 is 34.2 Å². The lowest BCUT2D eigenvalue weighted by Crippen LogP contribution is -2.42. The molecule has 1 atom stereocenters. The van der Waals surface area contributed by atoms with E-state index in [9.17, 15) is 9.18 Å². The van der Waals surface area contributed by atoms with E-state index in [1.54, 1.807) is 12.1 Å². The third-order valence-electron chi connectivity index (χ3n) is 3.37. The van der Waals surface area contributed by atoms with Crippen molar-refractivity contribution in [2.45, 2.75) is 25.8 Å². The van der Waals surface area contributed by atoms with Crippen molar-refractivity contribution in [2.75, 3.05) is 19.6 Å². The SMILES string of the molecule is CCCN(C(=O)c1ccc(F)c(Br)c1)C1CCNC1.Cl. The van der Waals surface area contributed by atoms with Crippen LogP contribution in [0.3, 0.4) is 0 Å². The molecule has 1 fully saturated rings. The van der Waals surface area contributed by atoms with Gasteiger partial charge in [0.05, 0.1) is 4.47 Å². The highest BCUT2D eigenvalue weighted by Gasteiger charge is 2.26. The second-order valence-electron chi connectivity index (χ2n) is 4.77. The lowest BCUT2D eigenvalue weighted by molar-refractivity contribution is 0.0692. The number of carbonyl (C=O) groups is 1. The van der Waals surface area contributed by atoms with Gasteiger partial charge in [0.2, 0.25) is 0 Å². The number of halogens is 3. The van der Waals surface area contributed by atoms with Crippen LogP contribution in [0.5, 0.6) is 0 Å². The lowest BCUT2D eigenvalue weighted by Gasteiger charge is -2.28. The molecule has 1 aromatic carbocycles. The molecule has 0 bridgehead atoms. The second-order valence-corrected chi connectivity index (χ2v) is 5.63. The Kier molecular flexibility index (Phi) is 6.92. The van der Waals surface area contributed by atoms with Gasteiger partial charge in [0.15, 0.2) is 0 Å². The quantitative estimate of drug-likeness (QED) is 0.888. The molecule has 0 aromatic heterocycles. The van der Waals surface area contributed by atoms with Crippen LogP contribution >= 0.6 is 28.3 Å². The van der Waals surface area contributed by atoms with Crippen LogP contribution in [0.4, 0.5) is 4.39 Å². The predicted molar refractivity (Wildman–Crippen MR) is 84.0 cm³/mol. The molecular weight excluding hydrogens is 347 g/mol. The number of nitrogens with zero attached hydrogens (tertiary/aromatic N) is 1. The normalized spacial score (nSPS) is 17.6. The molecule has 1 saturated heterocycles. The Hall–Kier alpha value is -0.650. The molecule has 1 N–H and O–H groups in total. The Bertz CT molecular complexity index is 466. The highest BCUT2D eigenvalue weighted by atomic mass is 79.9. The number of nitrogens with one attached hydrogen (secondary N) is 1. The van der Waals surface area contributed by atoms with Gasteiger partial charge in [0.1, 0.15) is 5.82 Å². The van der Waals surface area contributed by atoms with Crippen molar-refractivity contribution < 1.29 is 9.18 Å². The van der Waals surface area contributed by atoms with Gasteiger partial charge in [0, 0.05) is 24.7 Å². The first-order chi connectivity index (χ1) is 9.13. The molecule has 1 aromatic rings. The lowest BCUT2D eigenvalue weighted by atomic mass is 10.1. The Labute approximate surface area is 133 Å². The summed E-state index contributed by atoms with van der Waals surface area (Å²) in [4.78, 5) is 14.4. The van der Waals surface area contributed by atoms with Gasteiger partial charge in [-0.05, 0) is 53.5 Å². The van der Waals surface area contributed by atoms with Gasteiger partial charge in [-0.3, -0.25) is 4.79 Å². The topological polar surface area (TPSA) is 32.3 Å². The van der Waals surface area contributed by atoms with Crippen molar-refractivity contribution in [1.29, 1.82) is 0 Å². The van der Waals surface area contributed by atoms with Crippen LogP contribution in [-0.2, 0) is 0 Å². The van der Waals surface area contributed by atoms with Gasteiger partial charge in [-0.2, -0.15) is 0 Å². The summed E-state index contributed by atoms with van der Waals surface area (Å²) in [5.41, 5.74) is 0.536. The van der Waals surface area contributed by atoms with E-state index in [0.29, 0.717) is 10.0 Å². The van der Waals surface area contributed by atoms with E-state index >= 15 is 0 Å². The molecule has 2 rings (SSSR count). The fourth-order valence-electron chi connectivity index (χ4n) is 2.39. The van der Waals surface area contributed by atoms with Crippen LogP contribution < -0.4 is 5.32 Å². The average molecular weight is 366 g/mol. The summed E-state index contributed by atoms with van der Waals surface area (Å²) in [6.45, 7) is 4.59. The number of hydrogen-bond acceptors (Lipinski definition) is 2. The molecule has 0 radical (unpaired) electrons. The van der Waals surface area contributed by atoms with Crippen molar-refractivity contribution in [3.05, 3.63) is 34.1 Å². The molecule has 1 aliphatic heterocycles. The molecule has 1 amide bonds. The van der Waals surface area contributed by atoms with Gasteiger partial charge in [-0.15, -0.1) is 12.4 Å². The smallest absolute Gasteiger partial charge is 0.254 e. The molecule has 1 unspecified atom stereocenters. The summed E-state index contributed by atoms with van der Waals surface area (Å²) < 4.78 is 13.6. The molecule has 1 aliphatic rings. The van der Waals surface area contributed by atoms with Gasteiger partial charge in [-0.1, -0.05) is 6.92 Å². The van der Waals surface area contributed by atoms with Crippen LogP contribution in [0, 0.1) is 5.82 Å². The van der Waals surface area contributed by atoms with E-state index in [1.165, 1.54) is 6.07 Å².